The minimum atomic E-state index is 0.100. The Morgan fingerprint density at radius 3 is 2.76 bits per heavy atom. The monoisotopic (exact) mass is 359 g/mol. The summed E-state index contributed by atoms with van der Waals surface area (Å²) >= 11 is 6.18. The highest BCUT2D eigenvalue weighted by Crippen LogP contribution is 2.33. The van der Waals surface area contributed by atoms with Crippen LogP contribution < -0.4 is 14.8 Å². The molecule has 2 aromatic carbocycles. The summed E-state index contributed by atoms with van der Waals surface area (Å²) in [4.78, 5) is 11.4. The van der Waals surface area contributed by atoms with Crippen molar-refractivity contribution < 1.29 is 14.3 Å². The van der Waals surface area contributed by atoms with Crippen molar-refractivity contribution in [1.29, 1.82) is 0 Å². The largest absolute Gasteiger partial charge is 0.493 e. The summed E-state index contributed by atoms with van der Waals surface area (Å²) in [5, 5.41) is 3.66. The molecule has 25 heavy (non-hydrogen) atoms. The number of aryl methyl sites for hydroxylation is 1. The number of amides is 1. The second-order valence-electron chi connectivity index (χ2n) is 6.16. The van der Waals surface area contributed by atoms with Crippen molar-refractivity contribution in [2.75, 3.05) is 20.3 Å². The molecule has 0 radical (unpaired) electrons. The van der Waals surface area contributed by atoms with Crippen LogP contribution in [0, 0.1) is 0 Å². The standard InChI is InChI=1S/C20H22ClNO3/c1-24-18-9-8-15(16-12-20(23)22-13-16)11-19(18)25-10-4-6-14-5-2-3-7-17(14)21/h2-3,5,7-9,11,16H,4,6,10,12-13H2,1H3,(H,22,23). The normalized spacial score (nSPS) is 16.6. The van der Waals surface area contributed by atoms with E-state index >= 15 is 0 Å². The summed E-state index contributed by atoms with van der Waals surface area (Å²) < 4.78 is 11.3. The number of ether oxygens (including phenoxy) is 2. The van der Waals surface area contributed by atoms with Crippen molar-refractivity contribution in [3.8, 4) is 11.5 Å². The molecule has 0 aromatic heterocycles. The summed E-state index contributed by atoms with van der Waals surface area (Å²) in [6.45, 7) is 1.25. The van der Waals surface area contributed by atoms with Crippen molar-refractivity contribution >= 4 is 17.5 Å². The van der Waals surface area contributed by atoms with E-state index in [1.807, 2.05) is 42.5 Å². The summed E-state index contributed by atoms with van der Waals surface area (Å²) in [6.07, 6.45) is 2.25. The number of nitrogens with one attached hydrogen (secondary N) is 1. The molecule has 1 heterocycles. The highest BCUT2D eigenvalue weighted by molar-refractivity contribution is 6.31. The average Bonchev–Trinajstić information content (AvgIpc) is 3.06. The van der Waals surface area contributed by atoms with Gasteiger partial charge in [-0.15, -0.1) is 0 Å². The third-order valence-electron chi connectivity index (χ3n) is 4.44. The van der Waals surface area contributed by atoms with E-state index in [4.69, 9.17) is 21.1 Å². The first-order valence-electron chi connectivity index (χ1n) is 8.48. The van der Waals surface area contributed by atoms with Crippen molar-refractivity contribution in [1.82, 2.24) is 5.32 Å². The molecule has 0 bridgehead atoms. The lowest BCUT2D eigenvalue weighted by Gasteiger charge is -2.15. The molecule has 1 atom stereocenters. The lowest BCUT2D eigenvalue weighted by molar-refractivity contribution is -0.119. The van der Waals surface area contributed by atoms with Crippen molar-refractivity contribution in [3.05, 3.63) is 58.6 Å². The zero-order chi connectivity index (χ0) is 17.6. The van der Waals surface area contributed by atoms with E-state index in [0.717, 1.165) is 34.7 Å². The van der Waals surface area contributed by atoms with Gasteiger partial charge in [0.15, 0.2) is 11.5 Å². The maximum absolute atomic E-state index is 11.4. The molecular weight excluding hydrogens is 338 g/mol. The molecule has 1 fully saturated rings. The number of benzene rings is 2. The van der Waals surface area contributed by atoms with Crippen LogP contribution in [0.1, 0.15) is 29.9 Å². The second-order valence-corrected chi connectivity index (χ2v) is 6.57. The predicted octanol–water partition coefficient (Wildman–Crippen LogP) is 3.96. The smallest absolute Gasteiger partial charge is 0.220 e. The van der Waals surface area contributed by atoms with Gasteiger partial charge in [-0.05, 0) is 42.2 Å². The van der Waals surface area contributed by atoms with Gasteiger partial charge in [-0.3, -0.25) is 4.79 Å². The minimum Gasteiger partial charge on any atom is -0.493 e. The molecule has 2 aromatic rings. The lowest BCUT2D eigenvalue weighted by atomic mass is 9.98. The Hall–Kier alpha value is -2.20. The number of hydrogen-bond donors (Lipinski definition) is 1. The zero-order valence-electron chi connectivity index (χ0n) is 14.3. The number of rotatable bonds is 7. The molecule has 1 aliphatic heterocycles. The van der Waals surface area contributed by atoms with Gasteiger partial charge in [0.25, 0.3) is 0 Å². The van der Waals surface area contributed by atoms with Gasteiger partial charge < -0.3 is 14.8 Å². The first kappa shape index (κ1) is 17.6. The maximum Gasteiger partial charge on any atom is 0.220 e. The van der Waals surface area contributed by atoms with Gasteiger partial charge in [-0.25, -0.2) is 0 Å². The van der Waals surface area contributed by atoms with E-state index in [9.17, 15) is 4.79 Å². The summed E-state index contributed by atoms with van der Waals surface area (Å²) in [5.74, 6) is 1.73. The van der Waals surface area contributed by atoms with E-state index in [1.54, 1.807) is 7.11 Å². The van der Waals surface area contributed by atoms with Crippen LogP contribution in [0.4, 0.5) is 0 Å². The fourth-order valence-corrected chi connectivity index (χ4v) is 3.28. The third-order valence-corrected chi connectivity index (χ3v) is 4.81. The molecule has 1 amide bonds. The van der Waals surface area contributed by atoms with Crippen LogP contribution in [-0.2, 0) is 11.2 Å². The summed E-state index contributed by atoms with van der Waals surface area (Å²) in [5.41, 5.74) is 2.23. The van der Waals surface area contributed by atoms with Gasteiger partial charge in [0.1, 0.15) is 0 Å². The SMILES string of the molecule is COc1ccc(C2CNC(=O)C2)cc1OCCCc1ccccc1Cl. The van der Waals surface area contributed by atoms with Crippen LogP contribution in [0.5, 0.6) is 11.5 Å². The number of carbonyl (C=O) groups excluding carboxylic acids is 1. The fourth-order valence-electron chi connectivity index (χ4n) is 3.05. The van der Waals surface area contributed by atoms with E-state index in [2.05, 4.69) is 5.32 Å². The molecule has 5 heteroatoms. The van der Waals surface area contributed by atoms with E-state index in [0.29, 0.717) is 25.3 Å². The summed E-state index contributed by atoms with van der Waals surface area (Å²) in [7, 11) is 1.63. The molecule has 3 rings (SSSR count). The number of carbonyl (C=O) groups is 1. The third kappa shape index (κ3) is 4.45. The Morgan fingerprint density at radius 1 is 1.20 bits per heavy atom. The molecular formula is C20H22ClNO3. The van der Waals surface area contributed by atoms with Crippen LogP contribution >= 0.6 is 11.6 Å². The van der Waals surface area contributed by atoms with Crippen LogP contribution in [0.15, 0.2) is 42.5 Å². The van der Waals surface area contributed by atoms with Crippen LogP contribution in [0.3, 0.4) is 0 Å². The highest BCUT2D eigenvalue weighted by atomic mass is 35.5. The van der Waals surface area contributed by atoms with Gasteiger partial charge in [-0.2, -0.15) is 0 Å². The van der Waals surface area contributed by atoms with Gasteiger partial charge in [-0.1, -0.05) is 35.9 Å². The second kappa shape index (κ2) is 8.26. The topological polar surface area (TPSA) is 47.6 Å². The molecule has 4 nitrogen and oxygen atoms in total. The van der Waals surface area contributed by atoms with Crippen LogP contribution in [0.2, 0.25) is 5.02 Å². The Balaban J connectivity index is 1.60. The first-order valence-corrected chi connectivity index (χ1v) is 8.86. The van der Waals surface area contributed by atoms with Gasteiger partial charge >= 0.3 is 0 Å². The quantitative estimate of drug-likeness (QED) is 0.761. The van der Waals surface area contributed by atoms with E-state index < -0.39 is 0 Å². The van der Waals surface area contributed by atoms with Crippen molar-refractivity contribution in [2.24, 2.45) is 0 Å². The zero-order valence-corrected chi connectivity index (χ0v) is 15.0. The van der Waals surface area contributed by atoms with Crippen LogP contribution in [-0.4, -0.2) is 26.2 Å². The number of hydrogen-bond acceptors (Lipinski definition) is 3. The number of halogens is 1. The van der Waals surface area contributed by atoms with Crippen LogP contribution in [0.25, 0.3) is 0 Å². The molecule has 132 valence electrons. The summed E-state index contributed by atoms with van der Waals surface area (Å²) in [6, 6.07) is 13.8. The highest BCUT2D eigenvalue weighted by Gasteiger charge is 2.24. The van der Waals surface area contributed by atoms with E-state index in [1.165, 1.54) is 0 Å². The van der Waals surface area contributed by atoms with E-state index in [-0.39, 0.29) is 11.8 Å². The van der Waals surface area contributed by atoms with Gasteiger partial charge in [0.05, 0.1) is 13.7 Å². The number of methoxy groups -OCH3 is 1. The molecule has 0 saturated carbocycles. The maximum atomic E-state index is 11.4. The van der Waals surface area contributed by atoms with Gasteiger partial charge in [0.2, 0.25) is 5.91 Å². The lowest BCUT2D eigenvalue weighted by Crippen LogP contribution is -2.13. The Bertz CT molecular complexity index is 747. The Labute approximate surface area is 153 Å². The fraction of sp³-hybridized carbons (Fsp3) is 0.350. The Morgan fingerprint density at radius 2 is 2.04 bits per heavy atom. The first-order chi connectivity index (χ1) is 12.2. The van der Waals surface area contributed by atoms with Gasteiger partial charge in [0, 0.05) is 23.9 Å². The molecule has 1 saturated heterocycles. The van der Waals surface area contributed by atoms with Crippen molar-refractivity contribution in [2.45, 2.75) is 25.2 Å². The molecule has 1 aliphatic rings. The molecule has 1 N–H and O–H groups in total. The average molecular weight is 360 g/mol. The Kier molecular flexibility index (Phi) is 5.82. The molecule has 1 unspecified atom stereocenters. The molecule has 0 aliphatic carbocycles. The molecule has 0 spiro atoms. The minimum absolute atomic E-state index is 0.100. The predicted molar refractivity (Wildman–Crippen MR) is 98.6 cm³/mol. The van der Waals surface area contributed by atoms with Crippen molar-refractivity contribution in [3.63, 3.8) is 0 Å².